The number of nitrogens with zero attached hydrogens (tertiary/aromatic N) is 3. The summed E-state index contributed by atoms with van der Waals surface area (Å²) in [5.41, 5.74) is -0.0788. The molecule has 2 aromatic rings. The molecule has 2 N–H and O–H groups in total. The Hall–Kier alpha value is -2.72. The number of anilines is 2. The van der Waals surface area contributed by atoms with Crippen molar-refractivity contribution in [2.24, 2.45) is 0 Å². The van der Waals surface area contributed by atoms with Crippen LogP contribution >= 0.6 is 0 Å². The van der Waals surface area contributed by atoms with E-state index in [-0.39, 0.29) is 23.1 Å². The number of amides is 1. The molecule has 1 aromatic carbocycles. The lowest BCUT2D eigenvalue weighted by atomic mass is 10.3. The highest BCUT2D eigenvalue weighted by molar-refractivity contribution is 5.93. The number of carbonyl (C=O) groups is 1. The van der Waals surface area contributed by atoms with Crippen LogP contribution in [0.25, 0.3) is 0 Å². The highest BCUT2D eigenvalue weighted by Gasteiger charge is 2.15. The smallest absolute Gasteiger partial charge is 0.254 e. The summed E-state index contributed by atoms with van der Waals surface area (Å²) in [6.45, 7) is 4.23. The highest BCUT2D eigenvalue weighted by Crippen LogP contribution is 2.21. The molecule has 0 aliphatic carbocycles. The van der Waals surface area contributed by atoms with Crippen LogP contribution in [-0.2, 0) is 4.74 Å². The number of rotatable bonds is 6. The Balaban J connectivity index is 1.53. The van der Waals surface area contributed by atoms with E-state index in [1.807, 2.05) is 0 Å². The quantitative estimate of drug-likeness (QED) is 0.742. The molecule has 0 unspecified atom stereocenters. The Morgan fingerprint density at radius 3 is 2.52 bits per heavy atom. The molecule has 7 nitrogen and oxygen atoms in total. The van der Waals surface area contributed by atoms with E-state index in [2.05, 4.69) is 25.5 Å². The Morgan fingerprint density at radius 2 is 1.81 bits per heavy atom. The van der Waals surface area contributed by atoms with E-state index >= 15 is 0 Å². The summed E-state index contributed by atoms with van der Waals surface area (Å²) >= 11 is 0. The fraction of sp³-hybridized carbons (Fsp3) is 0.353. The molecule has 0 saturated carbocycles. The summed E-state index contributed by atoms with van der Waals surface area (Å²) in [7, 11) is 0. The lowest BCUT2D eigenvalue weighted by molar-refractivity contribution is 0.0383. The van der Waals surface area contributed by atoms with Gasteiger partial charge in [-0.15, -0.1) is 0 Å². The maximum absolute atomic E-state index is 13.6. The van der Waals surface area contributed by atoms with Gasteiger partial charge in [0.25, 0.3) is 5.91 Å². The van der Waals surface area contributed by atoms with Crippen LogP contribution in [0.2, 0.25) is 0 Å². The number of carbonyl (C=O) groups excluding carboxylic acids is 1. The van der Waals surface area contributed by atoms with E-state index in [9.17, 15) is 18.0 Å². The van der Waals surface area contributed by atoms with Gasteiger partial charge in [-0.25, -0.2) is 23.1 Å². The van der Waals surface area contributed by atoms with Crippen LogP contribution in [0, 0.1) is 17.5 Å². The first-order chi connectivity index (χ1) is 13.0. The number of ether oxygens (including phenoxy) is 1. The molecule has 1 saturated heterocycles. The van der Waals surface area contributed by atoms with Gasteiger partial charge in [-0.2, -0.15) is 0 Å². The topological polar surface area (TPSA) is 79.4 Å². The number of aromatic nitrogens is 2. The average molecular weight is 381 g/mol. The van der Waals surface area contributed by atoms with Crippen molar-refractivity contribution in [1.82, 2.24) is 20.2 Å². The molecular formula is C17H18F3N5O2. The first-order valence-electron chi connectivity index (χ1n) is 8.35. The minimum absolute atomic E-state index is 0.0511. The summed E-state index contributed by atoms with van der Waals surface area (Å²) < 4.78 is 45.1. The second-order valence-electron chi connectivity index (χ2n) is 5.85. The van der Waals surface area contributed by atoms with Crippen LogP contribution < -0.4 is 10.6 Å². The molecule has 144 valence electrons. The van der Waals surface area contributed by atoms with E-state index in [0.29, 0.717) is 26.3 Å². The number of morpholine rings is 1. The van der Waals surface area contributed by atoms with E-state index in [1.165, 1.54) is 12.4 Å². The van der Waals surface area contributed by atoms with Gasteiger partial charge in [-0.05, 0) is 12.1 Å². The Morgan fingerprint density at radius 1 is 1.11 bits per heavy atom. The van der Waals surface area contributed by atoms with Crippen molar-refractivity contribution in [2.75, 3.05) is 44.7 Å². The molecule has 0 bridgehead atoms. The van der Waals surface area contributed by atoms with Crippen molar-refractivity contribution >= 4 is 17.5 Å². The van der Waals surface area contributed by atoms with Gasteiger partial charge in [-0.1, -0.05) is 0 Å². The number of nitrogens with one attached hydrogen (secondary N) is 2. The predicted octanol–water partition coefficient (Wildman–Crippen LogP) is 1.70. The monoisotopic (exact) mass is 381 g/mol. The van der Waals surface area contributed by atoms with Crippen LogP contribution in [0.1, 0.15) is 10.4 Å². The molecule has 1 fully saturated rings. The summed E-state index contributed by atoms with van der Waals surface area (Å²) in [5.74, 6) is -4.64. The molecule has 10 heteroatoms. The van der Waals surface area contributed by atoms with Gasteiger partial charge in [0.1, 0.15) is 0 Å². The minimum atomic E-state index is -1.59. The van der Waals surface area contributed by atoms with E-state index in [1.54, 1.807) is 0 Å². The van der Waals surface area contributed by atoms with Gasteiger partial charge in [-0.3, -0.25) is 9.69 Å². The van der Waals surface area contributed by atoms with E-state index < -0.39 is 17.5 Å². The second kappa shape index (κ2) is 8.78. The number of benzene rings is 1. The molecule has 0 radical (unpaired) electrons. The summed E-state index contributed by atoms with van der Waals surface area (Å²) in [6, 6.07) is 1.82. The van der Waals surface area contributed by atoms with Crippen molar-refractivity contribution in [3.63, 3.8) is 0 Å². The third kappa shape index (κ3) is 4.92. The standard InChI is InChI=1S/C17H18F3N5O2/c18-12-1-2-13(15(20)14(12)19)24-17-22-9-11(10-23-17)16(26)21-3-4-25-5-7-27-8-6-25/h1-2,9-10H,3-8H2,(H,21,26)(H,22,23,24). The maximum atomic E-state index is 13.6. The molecule has 1 aromatic heterocycles. The number of hydrogen-bond donors (Lipinski definition) is 2. The summed E-state index contributed by atoms with van der Waals surface area (Å²) in [4.78, 5) is 22.1. The zero-order valence-corrected chi connectivity index (χ0v) is 14.3. The third-order valence-corrected chi connectivity index (χ3v) is 4.01. The van der Waals surface area contributed by atoms with Crippen LogP contribution in [0.4, 0.5) is 24.8 Å². The number of hydrogen-bond acceptors (Lipinski definition) is 6. The Kier molecular flexibility index (Phi) is 6.20. The van der Waals surface area contributed by atoms with E-state index in [0.717, 1.165) is 25.2 Å². The molecule has 0 atom stereocenters. The largest absolute Gasteiger partial charge is 0.379 e. The molecule has 3 rings (SSSR count). The molecular weight excluding hydrogens is 363 g/mol. The first kappa shape index (κ1) is 19.1. The van der Waals surface area contributed by atoms with Crippen LogP contribution in [0.15, 0.2) is 24.5 Å². The van der Waals surface area contributed by atoms with Crippen molar-refractivity contribution in [3.8, 4) is 0 Å². The van der Waals surface area contributed by atoms with E-state index in [4.69, 9.17) is 4.74 Å². The minimum Gasteiger partial charge on any atom is -0.379 e. The molecule has 1 aliphatic rings. The van der Waals surface area contributed by atoms with Crippen LogP contribution in [0.5, 0.6) is 0 Å². The van der Waals surface area contributed by atoms with Gasteiger partial charge in [0.05, 0.1) is 24.5 Å². The normalized spacial score (nSPS) is 14.8. The molecule has 27 heavy (non-hydrogen) atoms. The first-order valence-corrected chi connectivity index (χ1v) is 8.35. The Labute approximate surface area is 153 Å². The second-order valence-corrected chi connectivity index (χ2v) is 5.85. The van der Waals surface area contributed by atoms with Gasteiger partial charge >= 0.3 is 0 Å². The Bertz CT molecular complexity index is 798. The predicted molar refractivity (Wildman–Crippen MR) is 91.2 cm³/mol. The lowest BCUT2D eigenvalue weighted by Gasteiger charge is -2.26. The fourth-order valence-electron chi connectivity index (χ4n) is 2.51. The molecule has 1 amide bonds. The summed E-state index contributed by atoms with van der Waals surface area (Å²) in [5, 5.41) is 5.20. The molecule has 1 aliphatic heterocycles. The van der Waals surface area contributed by atoms with Gasteiger partial charge in [0.15, 0.2) is 17.5 Å². The number of halogens is 3. The van der Waals surface area contributed by atoms with Crippen LogP contribution in [-0.4, -0.2) is 60.2 Å². The van der Waals surface area contributed by atoms with Crippen molar-refractivity contribution in [2.45, 2.75) is 0 Å². The fourth-order valence-corrected chi connectivity index (χ4v) is 2.51. The zero-order chi connectivity index (χ0) is 19.2. The van der Waals surface area contributed by atoms with Crippen molar-refractivity contribution in [1.29, 1.82) is 0 Å². The molecule has 2 heterocycles. The zero-order valence-electron chi connectivity index (χ0n) is 14.3. The van der Waals surface area contributed by atoms with Crippen molar-refractivity contribution < 1.29 is 22.7 Å². The maximum Gasteiger partial charge on any atom is 0.254 e. The average Bonchev–Trinajstić information content (AvgIpc) is 2.70. The van der Waals surface area contributed by atoms with Crippen molar-refractivity contribution in [3.05, 3.63) is 47.5 Å². The summed E-state index contributed by atoms with van der Waals surface area (Å²) in [6.07, 6.45) is 2.52. The van der Waals surface area contributed by atoms with Gasteiger partial charge < -0.3 is 15.4 Å². The molecule has 0 spiro atoms. The lowest BCUT2D eigenvalue weighted by Crippen LogP contribution is -2.41. The van der Waals surface area contributed by atoms with Crippen LogP contribution in [0.3, 0.4) is 0 Å². The SMILES string of the molecule is O=C(NCCN1CCOCC1)c1cnc(Nc2ccc(F)c(F)c2F)nc1. The van der Waals surface area contributed by atoms with Gasteiger partial charge in [0, 0.05) is 38.6 Å². The third-order valence-electron chi connectivity index (χ3n) is 4.01. The highest BCUT2D eigenvalue weighted by atomic mass is 19.2. The van der Waals surface area contributed by atoms with Gasteiger partial charge in [0.2, 0.25) is 5.95 Å².